The van der Waals surface area contributed by atoms with Gasteiger partial charge in [0.25, 0.3) is 0 Å². The Labute approximate surface area is 137 Å². The third-order valence-corrected chi connectivity index (χ3v) is 4.80. The van der Waals surface area contributed by atoms with Crippen LogP contribution >= 0.6 is 0 Å². The van der Waals surface area contributed by atoms with Crippen LogP contribution in [0.3, 0.4) is 0 Å². The number of hydrogen-bond donors (Lipinski definition) is 1. The van der Waals surface area contributed by atoms with Gasteiger partial charge in [-0.2, -0.15) is 0 Å². The summed E-state index contributed by atoms with van der Waals surface area (Å²) in [5, 5.41) is 2.91. The molecule has 3 rings (SSSR count). The minimum atomic E-state index is -0.926. The molecule has 1 aliphatic heterocycles. The lowest BCUT2D eigenvalue weighted by molar-refractivity contribution is -0.154. The molecule has 1 N–H and O–H groups in total. The first-order valence-corrected chi connectivity index (χ1v) is 8.35. The van der Waals surface area contributed by atoms with E-state index in [2.05, 4.69) is 29.4 Å². The Balaban J connectivity index is 1.63. The van der Waals surface area contributed by atoms with Crippen molar-refractivity contribution in [2.45, 2.75) is 39.2 Å². The molecule has 1 aromatic carbocycles. The second-order valence-corrected chi connectivity index (χ2v) is 6.47. The summed E-state index contributed by atoms with van der Waals surface area (Å²) < 4.78 is 5.02. The first-order valence-electron chi connectivity index (χ1n) is 8.35. The predicted octanol–water partition coefficient (Wildman–Crippen LogP) is 2.03. The normalized spacial score (nSPS) is 18.1. The standard InChI is InChI=1S/C18H24N2O3/c1-3-23-17(22)18(8-9-18)16(21)19-12-13-6-7-15-14(11-13)5-4-10-20(15)2/h6-7,11H,3-5,8-10,12H2,1-2H3,(H,19,21). The number of carbonyl (C=O) groups excluding carboxylic acids is 2. The largest absolute Gasteiger partial charge is 0.465 e. The molecule has 0 spiro atoms. The minimum Gasteiger partial charge on any atom is -0.465 e. The summed E-state index contributed by atoms with van der Waals surface area (Å²) in [6, 6.07) is 6.33. The van der Waals surface area contributed by atoms with Gasteiger partial charge in [0.05, 0.1) is 6.61 Å². The van der Waals surface area contributed by atoms with E-state index in [4.69, 9.17) is 4.74 Å². The molecular weight excluding hydrogens is 292 g/mol. The maximum atomic E-state index is 12.3. The molecule has 124 valence electrons. The van der Waals surface area contributed by atoms with E-state index in [0.29, 0.717) is 26.0 Å². The number of ether oxygens (including phenoxy) is 1. The molecule has 5 nitrogen and oxygen atoms in total. The molecule has 5 heteroatoms. The van der Waals surface area contributed by atoms with Gasteiger partial charge in [-0.05, 0) is 49.8 Å². The molecular formula is C18H24N2O3. The second kappa shape index (κ2) is 6.22. The van der Waals surface area contributed by atoms with Crippen molar-refractivity contribution < 1.29 is 14.3 Å². The number of fused-ring (bicyclic) bond motifs is 1. The van der Waals surface area contributed by atoms with Crippen molar-refractivity contribution in [1.29, 1.82) is 0 Å². The van der Waals surface area contributed by atoms with Crippen molar-refractivity contribution in [2.75, 3.05) is 25.1 Å². The van der Waals surface area contributed by atoms with Crippen molar-refractivity contribution >= 4 is 17.6 Å². The molecule has 1 amide bonds. The molecule has 1 fully saturated rings. The lowest BCUT2D eigenvalue weighted by Crippen LogP contribution is -2.37. The summed E-state index contributed by atoms with van der Waals surface area (Å²) in [4.78, 5) is 26.5. The molecule has 0 atom stereocenters. The Bertz CT molecular complexity index is 623. The van der Waals surface area contributed by atoms with Crippen LogP contribution in [-0.4, -0.2) is 32.1 Å². The van der Waals surface area contributed by atoms with Crippen LogP contribution in [0, 0.1) is 5.41 Å². The Morgan fingerprint density at radius 3 is 2.83 bits per heavy atom. The van der Waals surface area contributed by atoms with E-state index in [1.807, 2.05) is 6.07 Å². The molecule has 2 aliphatic rings. The highest BCUT2D eigenvalue weighted by molar-refractivity contribution is 6.05. The first-order chi connectivity index (χ1) is 11.1. The topological polar surface area (TPSA) is 58.6 Å². The number of esters is 1. The molecule has 0 saturated heterocycles. The lowest BCUT2D eigenvalue weighted by atomic mass is 9.99. The highest BCUT2D eigenvalue weighted by atomic mass is 16.5. The van der Waals surface area contributed by atoms with Crippen LogP contribution in [0.1, 0.15) is 37.3 Å². The van der Waals surface area contributed by atoms with Gasteiger partial charge >= 0.3 is 5.97 Å². The molecule has 23 heavy (non-hydrogen) atoms. The van der Waals surface area contributed by atoms with Gasteiger partial charge in [0, 0.05) is 25.8 Å². The number of amides is 1. The zero-order valence-electron chi connectivity index (χ0n) is 13.9. The fourth-order valence-corrected chi connectivity index (χ4v) is 3.22. The van der Waals surface area contributed by atoms with Crippen LogP contribution in [0.25, 0.3) is 0 Å². The first kappa shape index (κ1) is 15.8. The number of carbonyl (C=O) groups is 2. The number of aryl methyl sites for hydroxylation is 1. The molecule has 0 aromatic heterocycles. The van der Waals surface area contributed by atoms with E-state index < -0.39 is 5.41 Å². The highest BCUT2D eigenvalue weighted by Gasteiger charge is 2.57. The smallest absolute Gasteiger partial charge is 0.321 e. The van der Waals surface area contributed by atoms with Crippen molar-refractivity contribution in [3.8, 4) is 0 Å². The fraction of sp³-hybridized carbons (Fsp3) is 0.556. The molecule has 1 saturated carbocycles. The summed E-state index contributed by atoms with van der Waals surface area (Å²) in [6.07, 6.45) is 3.42. The molecule has 1 aliphatic carbocycles. The van der Waals surface area contributed by atoms with E-state index in [9.17, 15) is 9.59 Å². The molecule has 1 aromatic rings. The van der Waals surface area contributed by atoms with E-state index in [-0.39, 0.29) is 11.9 Å². The number of benzene rings is 1. The van der Waals surface area contributed by atoms with Gasteiger partial charge in [-0.15, -0.1) is 0 Å². The Hall–Kier alpha value is -2.04. The predicted molar refractivity (Wildman–Crippen MR) is 88.2 cm³/mol. The van der Waals surface area contributed by atoms with Crippen molar-refractivity contribution in [3.63, 3.8) is 0 Å². The fourth-order valence-electron chi connectivity index (χ4n) is 3.22. The number of anilines is 1. The van der Waals surface area contributed by atoms with Crippen LogP contribution in [0.4, 0.5) is 5.69 Å². The van der Waals surface area contributed by atoms with E-state index in [1.54, 1.807) is 6.92 Å². The number of hydrogen-bond acceptors (Lipinski definition) is 4. The summed E-state index contributed by atoms with van der Waals surface area (Å²) in [5.41, 5.74) is 2.75. The Kier molecular flexibility index (Phi) is 4.28. The zero-order valence-corrected chi connectivity index (χ0v) is 13.9. The third-order valence-electron chi connectivity index (χ3n) is 4.80. The van der Waals surface area contributed by atoms with Gasteiger partial charge in [0.1, 0.15) is 5.41 Å². The molecule has 1 heterocycles. The second-order valence-electron chi connectivity index (χ2n) is 6.47. The maximum absolute atomic E-state index is 12.3. The van der Waals surface area contributed by atoms with E-state index >= 15 is 0 Å². The van der Waals surface area contributed by atoms with Gasteiger partial charge in [0.15, 0.2) is 0 Å². The van der Waals surface area contributed by atoms with Crippen molar-refractivity contribution in [3.05, 3.63) is 29.3 Å². The van der Waals surface area contributed by atoms with Crippen LogP contribution < -0.4 is 10.2 Å². The zero-order chi connectivity index (χ0) is 16.4. The Morgan fingerprint density at radius 1 is 1.35 bits per heavy atom. The van der Waals surface area contributed by atoms with Crippen LogP contribution in [-0.2, 0) is 27.3 Å². The Morgan fingerprint density at radius 2 is 2.13 bits per heavy atom. The van der Waals surface area contributed by atoms with E-state index in [0.717, 1.165) is 24.9 Å². The number of nitrogens with one attached hydrogen (secondary N) is 1. The lowest BCUT2D eigenvalue weighted by Gasteiger charge is -2.28. The minimum absolute atomic E-state index is 0.203. The van der Waals surface area contributed by atoms with Gasteiger partial charge in [-0.1, -0.05) is 12.1 Å². The van der Waals surface area contributed by atoms with Crippen LogP contribution in [0.5, 0.6) is 0 Å². The summed E-state index contributed by atoms with van der Waals surface area (Å²) >= 11 is 0. The van der Waals surface area contributed by atoms with Crippen LogP contribution in [0.2, 0.25) is 0 Å². The average molecular weight is 316 g/mol. The SMILES string of the molecule is CCOC(=O)C1(C(=O)NCc2ccc3c(c2)CCCN3C)CC1. The molecule has 0 bridgehead atoms. The molecule has 0 radical (unpaired) electrons. The van der Waals surface area contributed by atoms with Crippen molar-refractivity contribution in [2.24, 2.45) is 5.41 Å². The molecule has 0 unspecified atom stereocenters. The van der Waals surface area contributed by atoms with Crippen molar-refractivity contribution in [1.82, 2.24) is 5.32 Å². The van der Waals surface area contributed by atoms with Gasteiger partial charge in [0.2, 0.25) is 5.91 Å². The van der Waals surface area contributed by atoms with Gasteiger partial charge in [-0.3, -0.25) is 9.59 Å². The monoisotopic (exact) mass is 316 g/mol. The quantitative estimate of drug-likeness (QED) is 0.667. The summed E-state index contributed by atoms with van der Waals surface area (Å²) in [6.45, 7) is 3.62. The summed E-state index contributed by atoms with van der Waals surface area (Å²) in [7, 11) is 2.11. The van der Waals surface area contributed by atoms with Crippen LogP contribution in [0.15, 0.2) is 18.2 Å². The maximum Gasteiger partial charge on any atom is 0.321 e. The van der Waals surface area contributed by atoms with E-state index in [1.165, 1.54) is 11.3 Å². The third kappa shape index (κ3) is 3.05. The highest BCUT2D eigenvalue weighted by Crippen LogP contribution is 2.47. The van der Waals surface area contributed by atoms with Gasteiger partial charge in [-0.25, -0.2) is 0 Å². The number of nitrogens with zero attached hydrogens (tertiary/aromatic N) is 1. The average Bonchev–Trinajstić information content (AvgIpc) is 3.35. The summed E-state index contributed by atoms with van der Waals surface area (Å²) in [5.74, 6) is -0.588. The van der Waals surface area contributed by atoms with Gasteiger partial charge < -0.3 is 15.0 Å². The number of rotatable bonds is 5.